The third-order valence-electron chi connectivity index (χ3n) is 6.79. The van der Waals surface area contributed by atoms with Gasteiger partial charge in [0.15, 0.2) is 0 Å². The number of aryl methyl sites for hydroxylation is 2. The maximum absolute atomic E-state index is 12.9. The van der Waals surface area contributed by atoms with Gasteiger partial charge in [0.1, 0.15) is 0 Å². The molecule has 4 rings (SSSR count). The molecule has 7 nitrogen and oxygen atoms in total. The van der Waals surface area contributed by atoms with E-state index in [1.165, 1.54) is 16.5 Å². The molecule has 1 aromatic carbocycles. The van der Waals surface area contributed by atoms with Gasteiger partial charge in [-0.05, 0) is 44.7 Å². The lowest BCUT2D eigenvalue weighted by molar-refractivity contribution is -0.132. The maximum atomic E-state index is 12.9. The fourth-order valence-electron chi connectivity index (χ4n) is 4.90. The van der Waals surface area contributed by atoms with Crippen LogP contribution in [0.1, 0.15) is 60.6 Å². The lowest BCUT2D eigenvalue weighted by Crippen LogP contribution is -2.38. The molecule has 7 heteroatoms. The highest BCUT2D eigenvalue weighted by atomic mass is 16.2. The second-order valence-corrected chi connectivity index (χ2v) is 8.61. The molecule has 0 aliphatic carbocycles. The van der Waals surface area contributed by atoms with Gasteiger partial charge >= 0.3 is 0 Å². The zero-order chi connectivity index (χ0) is 22.7. The summed E-state index contributed by atoms with van der Waals surface area (Å²) in [6, 6.07) is 8.33. The van der Waals surface area contributed by atoms with Crippen LogP contribution in [0.15, 0.2) is 36.7 Å². The quantitative estimate of drug-likeness (QED) is 0.615. The van der Waals surface area contributed by atoms with Crippen molar-refractivity contribution >= 4 is 22.7 Å². The second-order valence-electron chi connectivity index (χ2n) is 8.61. The van der Waals surface area contributed by atoms with E-state index in [9.17, 15) is 9.59 Å². The SMILES string of the molecule is CCN(CC)C(=O)c1cn[nH]c1C1CCN(C(=O)CCc2cn(C)c3ccccc23)CC1. The minimum atomic E-state index is 0.0346. The van der Waals surface area contributed by atoms with Crippen molar-refractivity contribution in [1.82, 2.24) is 24.6 Å². The van der Waals surface area contributed by atoms with Gasteiger partial charge in [0.05, 0.1) is 17.5 Å². The monoisotopic (exact) mass is 435 g/mol. The molecule has 0 unspecified atom stereocenters. The first kappa shape index (κ1) is 22.1. The van der Waals surface area contributed by atoms with Gasteiger partial charge in [0.25, 0.3) is 5.91 Å². The molecule has 0 radical (unpaired) electrons. The number of para-hydroxylation sites is 1. The van der Waals surface area contributed by atoms with Crippen LogP contribution in [0.3, 0.4) is 0 Å². The number of amides is 2. The van der Waals surface area contributed by atoms with Crippen LogP contribution < -0.4 is 0 Å². The van der Waals surface area contributed by atoms with Gasteiger partial charge in [-0.1, -0.05) is 18.2 Å². The Morgan fingerprint density at radius 1 is 1.16 bits per heavy atom. The van der Waals surface area contributed by atoms with Gasteiger partial charge in [-0.15, -0.1) is 0 Å². The number of aromatic nitrogens is 3. The third-order valence-corrected chi connectivity index (χ3v) is 6.79. The molecule has 0 atom stereocenters. The topological polar surface area (TPSA) is 74.2 Å². The minimum Gasteiger partial charge on any atom is -0.350 e. The third kappa shape index (κ3) is 4.29. The largest absolute Gasteiger partial charge is 0.350 e. The molecular formula is C25H33N5O2. The lowest BCUT2D eigenvalue weighted by atomic mass is 9.90. The maximum Gasteiger partial charge on any atom is 0.257 e. The number of fused-ring (bicyclic) bond motifs is 1. The number of nitrogens with one attached hydrogen (secondary N) is 1. The number of likely N-dealkylation sites (tertiary alicyclic amines) is 1. The molecule has 3 heterocycles. The van der Waals surface area contributed by atoms with E-state index in [0.29, 0.717) is 25.1 Å². The van der Waals surface area contributed by atoms with Crippen LogP contribution >= 0.6 is 0 Å². The summed E-state index contributed by atoms with van der Waals surface area (Å²) in [6.45, 7) is 6.79. The van der Waals surface area contributed by atoms with Crippen molar-refractivity contribution in [2.45, 2.75) is 45.4 Å². The number of benzene rings is 1. The predicted molar refractivity (Wildman–Crippen MR) is 126 cm³/mol. The van der Waals surface area contributed by atoms with Crippen molar-refractivity contribution in [3.05, 3.63) is 53.5 Å². The molecule has 2 aromatic heterocycles. The molecule has 1 aliphatic heterocycles. The molecule has 0 bridgehead atoms. The summed E-state index contributed by atoms with van der Waals surface area (Å²) in [7, 11) is 2.05. The number of aromatic amines is 1. The van der Waals surface area contributed by atoms with E-state index in [4.69, 9.17) is 0 Å². The van der Waals surface area contributed by atoms with E-state index < -0.39 is 0 Å². The highest BCUT2D eigenvalue weighted by Crippen LogP contribution is 2.30. The van der Waals surface area contributed by atoms with Crippen LogP contribution in [-0.2, 0) is 18.3 Å². The van der Waals surface area contributed by atoms with Crippen LogP contribution in [0.2, 0.25) is 0 Å². The Hall–Kier alpha value is -3.09. The normalized spacial score (nSPS) is 14.8. The Morgan fingerprint density at radius 3 is 2.59 bits per heavy atom. The lowest BCUT2D eigenvalue weighted by Gasteiger charge is -2.32. The van der Waals surface area contributed by atoms with Crippen LogP contribution in [0.5, 0.6) is 0 Å². The zero-order valence-corrected chi connectivity index (χ0v) is 19.3. The van der Waals surface area contributed by atoms with E-state index in [-0.39, 0.29) is 17.7 Å². The molecule has 170 valence electrons. The molecule has 2 amide bonds. The van der Waals surface area contributed by atoms with E-state index >= 15 is 0 Å². The van der Waals surface area contributed by atoms with E-state index in [2.05, 4.69) is 33.1 Å². The Labute approximate surface area is 189 Å². The van der Waals surface area contributed by atoms with Crippen LogP contribution in [0, 0.1) is 0 Å². The summed E-state index contributed by atoms with van der Waals surface area (Å²) in [5.74, 6) is 0.474. The summed E-state index contributed by atoms with van der Waals surface area (Å²) in [5, 5.41) is 8.45. The van der Waals surface area contributed by atoms with E-state index in [0.717, 1.165) is 38.0 Å². The molecule has 0 spiro atoms. The summed E-state index contributed by atoms with van der Waals surface area (Å²) in [6.07, 6.45) is 6.76. The molecule has 1 saturated heterocycles. The highest BCUT2D eigenvalue weighted by Gasteiger charge is 2.29. The standard InChI is InChI=1S/C25H33N5O2/c1-4-29(5-2)25(32)21-16-26-27-24(21)18-12-14-30(15-13-18)23(31)11-10-19-17-28(3)22-9-7-6-8-20(19)22/h6-9,16-18H,4-5,10-15H2,1-3H3,(H,26,27). The fraction of sp³-hybridized carbons (Fsp3) is 0.480. The Morgan fingerprint density at radius 2 is 1.88 bits per heavy atom. The van der Waals surface area contributed by atoms with E-state index in [1.54, 1.807) is 6.20 Å². The highest BCUT2D eigenvalue weighted by molar-refractivity contribution is 5.95. The Bertz CT molecular complexity index is 1090. The number of nitrogens with zero attached hydrogens (tertiary/aromatic N) is 4. The number of carbonyl (C=O) groups is 2. The predicted octanol–water partition coefficient (Wildman–Crippen LogP) is 3.72. The Kier molecular flexibility index (Phi) is 6.63. The average Bonchev–Trinajstić information content (AvgIpc) is 3.43. The molecule has 32 heavy (non-hydrogen) atoms. The first-order chi connectivity index (χ1) is 15.5. The zero-order valence-electron chi connectivity index (χ0n) is 19.3. The van der Waals surface area contributed by atoms with Gasteiger partial charge in [-0.25, -0.2) is 0 Å². The number of piperidine rings is 1. The van der Waals surface area contributed by atoms with Crippen LogP contribution in [0.4, 0.5) is 0 Å². The smallest absolute Gasteiger partial charge is 0.257 e. The molecular weight excluding hydrogens is 402 g/mol. The number of rotatable bonds is 7. The number of hydrogen-bond donors (Lipinski definition) is 1. The van der Waals surface area contributed by atoms with Crippen molar-refractivity contribution < 1.29 is 9.59 Å². The van der Waals surface area contributed by atoms with Crippen molar-refractivity contribution in [3.8, 4) is 0 Å². The first-order valence-electron chi connectivity index (χ1n) is 11.7. The second kappa shape index (κ2) is 9.59. The minimum absolute atomic E-state index is 0.0346. The van der Waals surface area contributed by atoms with E-state index in [1.807, 2.05) is 42.8 Å². The van der Waals surface area contributed by atoms with Gasteiger partial charge in [0, 0.05) is 62.7 Å². The number of carbonyl (C=O) groups excluding carboxylic acids is 2. The molecule has 0 saturated carbocycles. The summed E-state index contributed by atoms with van der Waals surface area (Å²) in [5.41, 5.74) is 4.02. The van der Waals surface area contributed by atoms with Crippen LogP contribution in [0.25, 0.3) is 10.9 Å². The molecule has 1 aliphatic rings. The average molecular weight is 436 g/mol. The van der Waals surface area contributed by atoms with Crippen molar-refractivity contribution in [2.24, 2.45) is 7.05 Å². The van der Waals surface area contributed by atoms with Crippen molar-refractivity contribution in [1.29, 1.82) is 0 Å². The van der Waals surface area contributed by atoms with Crippen LogP contribution in [-0.4, -0.2) is 62.6 Å². The Balaban J connectivity index is 1.35. The molecule has 3 aromatic rings. The van der Waals surface area contributed by atoms with Gasteiger partial charge < -0.3 is 14.4 Å². The number of hydrogen-bond acceptors (Lipinski definition) is 3. The van der Waals surface area contributed by atoms with Crippen molar-refractivity contribution in [3.63, 3.8) is 0 Å². The molecule has 1 N–H and O–H groups in total. The van der Waals surface area contributed by atoms with Gasteiger partial charge in [-0.3, -0.25) is 14.7 Å². The van der Waals surface area contributed by atoms with Crippen molar-refractivity contribution in [2.75, 3.05) is 26.2 Å². The summed E-state index contributed by atoms with van der Waals surface area (Å²) >= 11 is 0. The van der Waals surface area contributed by atoms with Gasteiger partial charge in [-0.2, -0.15) is 5.10 Å². The summed E-state index contributed by atoms with van der Waals surface area (Å²) < 4.78 is 2.13. The first-order valence-corrected chi connectivity index (χ1v) is 11.7. The molecule has 1 fully saturated rings. The van der Waals surface area contributed by atoms with Gasteiger partial charge in [0.2, 0.25) is 5.91 Å². The summed E-state index contributed by atoms with van der Waals surface area (Å²) in [4.78, 5) is 29.5. The fourth-order valence-corrected chi connectivity index (χ4v) is 4.90. The number of H-pyrrole nitrogens is 1.